The SMILES string of the molecule is Cc1c(N)nc(C(C)(C)C)nc1N(C)c1cccc(F)c1. The highest BCUT2D eigenvalue weighted by atomic mass is 19.1. The van der Waals surface area contributed by atoms with E-state index in [2.05, 4.69) is 9.97 Å². The van der Waals surface area contributed by atoms with Crippen molar-refractivity contribution >= 4 is 17.3 Å². The van der Waals surface area contributed by atoms with Crippen LogP contribution in [0.15, 0.2) is 24.3 Å². The van der Waals surface area contributed by atoms with Gasteiger partial charge in [0.25, 0.3) is 0 Å². The molecule has 1 aromatic carbocycles. The molecule has 5 heteroatoms. The summed E-state index contributed by atoms with van der Waals surface area (Å²) in [7, 11) is 1.84. The molecule has 2 rings (SSSR count). The summed E-state index contributed by atoms with van der Waals surface area (Å²) in [5.41, 5.74) is 7.31. The van der Waals surface area contributed by atoms with Gasteiger partial charge < -0.3 is 10.6 Å². The van der Waals surface area contributed by atoms with Gasteiger partial charge in [0, 0.05) is 23.7 Å². The van der Waals surface area contributed by atoms with E-state index in [1.165, 1.54) is 12.1 Å². The van der Waals surface area contributed by atoms with Gasteiger partial charge in [-0.1, -0.05) is 26.8 Å². The van der Waals surface area contributed by atoms with Gasteiger partial charge in [0.15, 0.2) is 0 Å². The van der Waals surface area contributed by atoms with Crippen LogP contribution in [0.3, 0.4) is 0 Å². The van der Waals surface area contributed by atoms with Gasteiger partial charge in [-0.3, -0.25) is 0 Å². The second-order valence-corrected chi connectivity index (χ2v) is 6.17. The van der Waals surface area contributed by atoms with Crippen LogP contribution in [0.25, 0.3) is 0 Å². The van der Waals surface area contributed by atoms with E-state index in [-0.39, 0.29) is 11.2 Å². The molecule has 0 amide bonds. The predicted molar refractivity (Wildman–Crippen MR) is 84.3 cm³/mol. The maximum absolute atomic E-state index is 13.4. The molecule has 2 N–H and O–H groups in total. The molecule has 21 heavy (non-hydrogen) atoms. The first-order valence-corrected chi connectivity index (χ1v) is 6.84. The fraction of sp³-hybridized carbons (Fsp3) is 0.375. The first kappa shape index (κ1) is 15.2. The monoisotopic (exact) mass is 288 g/mol. The summed E-state index contributed by atoms with van der Waals surface area (Å²) >= 11 is 0. The topological polar surface area (TPSA) is 55.0 Å². The van der Waals surface area contributed by atoms with Crippen molar-refractivity contribution < 1.29 is 4.39 Å². The average molecular weight is 288 g/mol. The second kappa shape index (κ2) is 5.31. The molecule has 1 aromatic heterocycles. The Balaban J connectivity index is 2.55. The Hall–Kier alpha value is -2.17. The minimum atomic E-state index is -0.282. The lowest BCUT2D eigenvalue weighted by Crippen LogP contribution is -2.22. The number of hydrogen-bond acceptors (Lipinski definition) is 4. The zero-order valence-corrected chi connectivity index (χ0v) is 13.1. The van der Waals surface area contributed by atoms with Crippen LogP contribution >= 0.6 is 0 Å². The Labute approximate surface area is 124 Å². The highest BCUT2D eigenvalue weighted by molar-refractivity contribution is 5.66. The third-order valence-corrected chi connectivity index (χ3v) is 3.34. The number of nitrogens with zero attached hydrogens (tertiary/aromatic N) is 3. The molecule has 0 saturated heterocycles. The molecule has 0 spiro atoms. The van der Waals surface area contributed by atoms with Crippen molar-refractivity contribution in [3.63, 3.8) is 0 Å². The molecule has 0 bridgehead atoms. The van der Waals surface area contributed by atoms with Crippen molar-refractivity contribution in [2.75, 3.05) is 17.7 Å². The highest BCUT2D eigenvalue weighted by Gasteiger charge is 2.22. The molecule has 112 valence electrons. The van der Waals surface area contributed by atoms with Gasteiger partial charge >= 0.3 is 0 Å². The van der Waals surface area contributed by atoms with Crippen LogP contribution in [-0.4, -0.2) is 17.0 Å². The number of halogens is 1. The van der Waals surface area contributed by atoms with E-state index in [1.807, 2.05) is 45.7 Å². The Morgan fingerprint density at radius 1 is 1.19 bits per heavy atom. The van der Waals surface area contributed by atoms with Crippen molar-refractivity contribution in [3.8, 4) is 0 Å². The van der Waals surface area contributed by atoms with Crippen molar-refractivity contribution in [1.29, 1.82) is 0 Å². The third kappa shape index (κ3) is 3.12. The van der Waals surface area contributed by atoms with E-state index in [9.17, 15) is 4.39 Å². The van der Waals surface area contributed by atoms with Crippen LogP contribution in [0.5, 0.6) is 0 Å². The average Bonchev–Trinajstić information content (AvgIpc) is 2.39. The normalized spacial score (nSPS) is 11.5. The largest absolute Gasteiger partial charge is 0.383 e. The number of hydrogen-bond donors (Lipinski definition) is 1. The maximum atomic E-state index is 13.4. The van der Waals surface area contributed by atoms with E-state index in [1.54, 1.807) is 6.07 Å². The smallest absolute Gasteiger partial charge is 0.141 e. The van der Waals surface area contributed by atoms with Crippen molar-refractivity contribution in [1.82, 2.24) is 9.97 Å². The van der Waals surface area contributed by atoms with E-state index in [4.69, 9.17) is 5.73 Å². The van der Waals surface area contributed by atoms with Gasteiger partial charge in [-0.25, -0.2) is 14.4 Å². The number of nitrogen functional groups attached to an aromatic ring is 1. The lowest BCUT2D eigenvalue weighted by molar-refractivity contribution is 0.546. The fourth-order valence-corrected chi connectivity index (χ4v) is 1.99. The van der Waals surface area contributed by atoms with E-state index < -0.39 is 0 Å². The first-order chi connectivity index (χ1) is 9.70. The third-order valence-electron chi connectivity index (χ3n) is 3.34. The van der Waals surface area contributed by atoms with Crippen LogP contribution in [-0.2, 0) is 5.41 Å². The fourth-order valence-electron chi connectivity index (χ4n) is 1.99. The molecule has 0 aliphatic heterocycles. The Morgan fingerprint density at radius 3 is 2.43 bits per heavy atom. The van der Waals surface area contributed by atoms with Gasteiger partial charge in [0.05, 0.1) is 0 Å². The number of aromatic nitrogens is 2. The summed E-state index contributed by atoms with van der Waals surface area (Å²) in [6.07, 6.45) is 0. The molecule has 0 aliphatic carbocycles. The van der Waals surface area contributed by atoms with Crippen LogP contribution in [0, 0.1) is 12.7 Å². The molecule has 0 fully saturated rings. The van der Waals surface area contributed by atoms with Crippen LogP contribution in [0.2, 0.25) is 0 Å². The van der Waals surface area contributed by atoms with Gasteiger partial charge in [0.2, 0.25) is 0 Å². The van der Waals surface area contributed by atoms with Gasteiger partial charge in [0.1, 0.15) is 23.3 Å². The zero-order chi connectivity index (χ0) is 15.8. The molecule has 4 nitrogen and oxygen atoms in total. The first-order valence-electron chi connectivity index (χ1n) is 6.84. The minimum absolute atomic E-state index is 0.209. The van der Waals surface area contributed by atoms with E-state index in [0.29, 0.717) is 17.5 Å². The molecule has 1 heterocycles. The molecule has 0 unspecified atom stereocenters. The zero-order valence-electron chi connectivity index (χ0n) is 13.1. The lowest BCUT2D eigenvalue weighted by atomic mass is 9.95. The number of benzene rings is 1. The lowest BCUT2D eigenvalue weighted by Gasteiger charge is -2.24. The summed E-state index contributed by atoms with van der Waals surface area (Å²) in [6.45, 7) is 7.96. The molecule has 2 aromatic rings. The van der Waals surface area contributed by atoms with Crippen LogP contribution in [0.1, 0.15) is 32.2 Å². The summed E-state index contributed by atoms with van der Waals surface area (Å²) in [5.74, 6) is 1.53. The van der Waals surface area contributed by atoms with Crippen LogP contribution < -0.4 is 10.6 Å². The van der Waals surface area contributed by atoms with Gasteiger partial charge in [-0.15, -0.1) is 0 Å². The predicted octanol–water partition coefficient (Wildman–Crippen LogP) is 3.57. The summed E-state index contributed by atoms with van der Waals surface area (Å²) in [5, 5.41) is 0. The summed E-state index contributed by atoms with van der Waals surface area (Å²) in [4.78, 5) is 10.8. The van der Waals surface area contributed by atoms with Crippen molar-refractivity contribution in [2.45, 2.75) is 33.1 Å². The highest BCUT2D eigenvalue weighted by Crippen LogP contribution is 2.30. The van der Waals surface area contributed by atoms with Gasteiger partial charge in [-0.2, -0.15) is 0 Å². The van der Waals surface area contributed by atoms with E-state index in [0.717, 1.165) is 11.3 Å². The Kier molecular flexibility index (Phi) is 3.85. The van der Waals surface area contributed by atoms with Crippen molar-refractivity contribution in [2.24, 2.45) is 0 Å². The van der Waals surface area contributed by atoms with Crippen LogP contribution in [0.4, 0.5) is 21.7 Å². The summed E-state index contributed by atoms with van der Waals surface area (Å²) in [6, 6.07) is 6.39. The molecule has 0 atom stereocenters. The standard InChI is InChI=1S/C16H21FN4/c1-10-13(18)19-15(16(2,3)4)20-14(10)21(5)12-8-6-7-11(17)9-12/h6-9H,1-5H3,(H2,18,19,20). The Morgan fingerprint density at radius 2 is 1.86 bits per heavy atom. The number of nitrogens with two attached hydrogens (primary N) is 1. The number of rotatable bonds is 2. The molecule has 0 radical (unpaired) electrons. The quantitative estimate of drug-likeness (QED) is 0.917. The molecule has 0 saturated carbocycles. The summed E-state index contributed by atoms with van der Waals surface area (Å²) < 4.78 is 13.4. The maximum Gasteiger partial charge on any atom is 0.141 e. The second-order valence-electron chi connectivity index (χ2n) is 6.17. The molecular weight excluding hydrogens is 267 g/mol. The minimum Gasteiger partial charge on any atom is -0.383 e. The molecular formula is C16H21FN4. The molecule has 0 aliphatic rings. The van der Waals surface area contributed by atoms with Crippen molar-refractivity contribution in [3.05, 3.63) is 41.5 Å². The Bertz CT molecular complexity index is 662. The van der Waals surface area contributed by atoms with Gasteiger partial charge in [-0.05, 0) is 25.1 Å². The number of anilines is 3. The van der Waals surface area contributed by atoms with E-state index >= 15 is 0 Å².